The van der Waals surface area contributed by atoms with Gasteiger partial charge in [-0.05, 0) is 57.8 Å². The lowest BCUT2D eigenvalue weighted by atomic mass is 9.97. The van der Waals surface area contributed by atoms with Gasteiger partial charge in [-0.2, -0.15) is 4.98 Å². The molecule has 0 aromatic carbocycles. The van der Waals surface area contributed by atoms with Crippen LogP contribution in [0.15, 0.2) is 12.4 Å². The van der Waals surface area contributed by atoms with Gasteiger partial charge >= 0.3 is 0 Å². The molecule has 35 heavy (non-hydrogen) atoms. The molecule has 3 aromatic rings. The maximum atomic E-state index is 10.3. The van der Waals surface area contributed by atoms with Gasteiger partial charge in [-0.1, -0.05) is 0 Å². The molecule has 11 heteroatoms. The number of likely N-dealkylation sites (tertiary alicyclic amines) is 1. The summed E-state index contributed by atoms with van der Waals surface area (Å²) in [5.74, 6) is 1.38. The Morgan fingerprint density at radius 3 is 2.77 bits per heavy atom. The number of aromatic nitrogens is 3. The summed E-state index contributed by atoms with van der Waals surface area (Å²) < 4.78 is 5.33. The highest BCUT2D eigenvalue weighted by atomic mass is 32.1. The van der Waals surface area contributed by atoms with E-state index in [0.717, 1.165) is 54.8 Å². The highest BCUT2D eigenvalue weighted by Gasteiger charge is 2.22. The van der Waals surface area contributed by atoms with Gasteiger partial charge < -0.3 is 31.0 Å². The zero-order valence-corrected chi connectivity index (χ0v) is 21.2. The number of anilines is 3. The maximum Gasteiger partial charge on any atom is 0.239 e. The van der Waals surface area contributed by atoms with Crippen molar-refractivity contribution in [1.29, 1.82) is 5.41 Å². The van der Waals surface area contributed by atoms with E-state index in [1.807, 2.05) is 4.90 Å². The van der Waals surface area contributed by atoms with Crippen LogP contribution in [-0.2, 0) is 17.6 Å². The number of carbonyl (C=O) groups excluding carboxylic acids is 1. The quantitative estimate of drug-likeness (QED) is 0.350. The van der Waals surface area contributed by atoms with Gasteiger partial charge in [0.1, 0.15) is 28.5 Å². The van der Waals surface area contributed by atoms with Crippen molar-refractivity contribution in [2.75, 3.05) is 45.3 Å². The molecule has 1 atom stereocenters. The van der Waals surface area contributed by atoms with Crippen LogP contribution in [0.25, 0.3) is 10.2 Å². The Hall–Kier alpha value is -3.31. The Bertz CT molecular complexity index is 1210. The summed E-state index contributed by atoms with van der Waals surface area (Å²) in [7, 11) is 5.65. The van der Waals surface area contributed by atoms with Crippen LogP contribution in [0.3, 0.4) is 0 Å². The molecule has 0 spiro atoms. The van der Waals surface area contributed by atoms with Crippen molar-refractivity contribution in [1.82, 2.24) is 24.8 Å². The highest BCUT2D eigenvalue weighted by Crippen LogP contribution is 2.39. The Kier molecular flexibility index (Phi) is 7.76. The fourth-order valence-electron chi connectivity index (χ4n) is 4.48. The first-order valence-corrected chi connectivity index (χ1v) is 12.5. The predicted molar refractivity (Wildman–Crippen MR) is 140 cm³/mol. The summed E-state index contributed by atoms with van der Waals surface area (Å²) in [5, 5.41) is 11.9. The number of hydrogen-bond acceptors (Lipinski definition) is 10. The molecule has 3 aromatic heterocycles. The van der Waals surface area contributed by atoms with Crippen molar-refractivity contribution in [3.05, 3.63) is 28.4 Å². The maximum absolute atomic E-state index is 10.3. The summed E-state index contributed by atoms with van der Waals surface area (Å²) in [6.45, 7) is 1.82. The standard InChI is InChI=1S/C17H18N6OS.C7H14N2O/c1-24-16-11(6-9(7-18)14(19)23-16)22-15-13-10-4-2-3-5-12(10)25-17(13)21-8-20-15;1-8(2)7-3-4-9(5-7)6-10/h6-8,18H,2-5H2,1H3,(H2,19,23)(H,20,21,22);6-7H,3-5H2,1-2H3/t;7-/m.0/s1. The molecule has 0 unspecified atom stereocenters. The van der Waals surface area contributed by atoms with Crippen LogP contribution in [0.5, 0.6) is 5.88 Å². The topological polar surface area (TPSA) is 133 Å². The second kappa shape index (κ2) is 11.0. The number of ether oxygens (including phenoxy) is 1. The largest absolute Gasteiger partial charge is 0.479 e. The molecule has 1 amide bonds. The first-order valence-electron chi connectivity index (χ1n) is 11.7. The highest BCUT2D eigenvalue weighted by molar-refractivity contribution is 7.19. The lowest BCUT2D eigenvalue weighted by molar-refractivity contribution is -0.117. The number of fused-ring (bicyclic) bond motifs is 3. The normalized spacial score (nSPS) is 17.0. The van der Waals surface area contributed by atoms with Crippen LogP contribution in [0, 0.1) is 5.41 Å². The van der Waals surface area contributed by atoms with Crippen molar-refractivity contribution in [3.8, 4) is 5.88 Å². The van der Waals surface area contributed by atoms with Gasteiger partial charge in [0.05, 0.1) is 12.5 Å². The predicted octanol–water partition coefficient (Wildman–Crippen LogP) is 3.08. The van der Waals surface area contributed by atoms with Crippen molar-refractivity contribution < 1.29 is 9.53 Å². The number of methoxy groups -OCH3 is 1. The number of thiophene rings is 1. The van der Waals surface area contributed by atoms with Gasteiger partial charge in [0, 0.05) is 35.8 Å². The minimum atomic E-state index is 0.262. The number of rotatable bonds is 6. The molecule has 4 N–H and O–H groups in total. The Labute approximate surface area is 209 Å². The van der Waals surface area contributed by atoms with Crippen LogP contribution < -0.4 is 15.8 Å². The molecule has 2 aliphatic rings. The molecule has 1 aliphatic heterocycles. The van der Waals surface area contributed by atoms with E-state index in [2.05, 4.69) is 39.3 Å². The molecule has 4 heterocycles. The molecule has 1 fully saturated rings. The van der Waals surface area contributed by atoms with E-state index in [0.29, 0.717) is 23.2 Å². The average molecular weight is 497 g/mol. The molecular formula is C24H32N8O2S. The SMILES string of the molecule is CN(C)[C@H]1CCN(C=O)C1.COc1nc(N)c(C=N)cc1Nc1ncnc2sc3c(c12)CCCC3. The smallest absolute Gasteiger partial charge is 0.239 e. The van der Waals surface area contributed by atoms with Gasteiger partial charge in [0.15, 0.2) is 0 Å². The van der Waals surface area contributed by atoms with Crippen LogP contribution >= 0.6 is 11.3 Å². The summed E-state index contributed by atoms with van der Waals surface area (Å²) in [6, 6.07) is 2.33. The summed E-state index contributed by atoms with van der Waals surface area (Å²) in [5.41, 5.74) is 8.35. The lowest BCUT2D eigenvalue weighted by Crippen LogP contribution is -2.30. The van der Waals surface area contributed by atoms with E-state index in [-0.39, 0.29) is 5.82 Å². The fraction of sp³-hybridized carbons (Fsp3) is 0.458. The van der Waals surface area contributed by atoms with Crippen molar-refractivity contribution in [2.45, 2.75) is 38.1 Å². The first-order chi connectivity index (χ1) is 16.9. The molecule has 0 bridgehead atoms. The third kappa shape index (κ3) is 5.35. The number of pyridine rings is 1. The van der Waals surface area contributed by atoms with Gasteiger partial charge in [0.25, 0.3) is 0 Å². The molecule has 1 aliphatic carbocycles. The van der Waals surface area contributed by atoms with Crippen LogP contribution in [0.1, 0.15) is 35.3 Å². The number of nitrogens with two attached hydrogens (primary N) is 1. The third-order valence-electron chi connectivity index (χ3n) is 6.48. The van der Waals surface area contributed by atoms with Crippen molar-refractivity contribution in [3.63, 3.8) is 0 Å². The number of amides is 1. The molecule has 0 saturated carbocycles. The fourth-order valence-corrected chi connectivity index (χ4v) is 5.71. The second-order valence-electron chi connectivity index (χ2n) is 8.91. The zero-order valence-electron chi connectivity index (χ0n) is 20.4. The summed E-state index contributed by atoms with van der Waals surface area (Å²) >= 11 is 1.75. The summed E-state index contributed by atoms with van der Waals surface area (Å²) in [4.78, 5) is 29.8. The van der Waals surface area contributed by atoms with Crippen LogP contribution in [0.2, 0.25) is 0 Å². The van der Waals surface area contributed by atoms with Crippen molar-refractivity contribution >= 4 is 51.5 Å². The van der Waals surface area contributed by atoms with E-state index in [4.69, 9.17) is 15.9 Å². The number of hydrogen-bond donors (Lipinski definition) is 3. The molecule has 10 nitrogen and oxygen atoms in total. The Balaban J connectivity index is 0.000000243. The molecule has 5 rings (SSSR count). The molecule has 0 radical (unpaired) electrons. The molecular weight excluding hydrogens is 464 g/mol. The van der Waals surface area contributed by atoms with Gasteiger partial charge in [-0.25, -0.2) is 9.97 Å². The number of nitrogens with zero attached hydrogens (tertiary/aromatic N) is 5. The van der Waals surface area contributed by atoms with E-state index < -0.39 is 0 Å². The van der Waals surface area contributed by atoms with Crippen molar-refractivity contribution in [2.24, 2.45) is 0 Å². The van der Waals surface area contributed by atoms with Crippen LogP contribution in [-0.4, -0.2) is 77.7 Å². The number of nitrogen functional groups attached to an aromatic ring is 1. The second-order valence-corrected chi connectivity index (χ2v) is 9.99. The zero-order chi connectivity index (χ0) is 24.9. The van der Waals surface area contributed by atoms with Crippen LogP contribution in [0.4, 0.5) is 17.3 Å². The van der Waals surface area contributed by atoms with E-state index in [1.54, 1.807) is 30.8 Å². The third-order valence-corrected chi connectivity index (χ3v) is 7.68. The van der Waals surface area contributed by atoms with E-state index in [1.165, 1.54) is 29.5 Å². The van der Waals surface area contributed by atoms with E-state index in [9.17, 15) is 4.79 Å². The molecule has 1 saturated heterocycles. The Morgan fingerprint density at radius 1 is 1.31 bits per heavy atom. The summed E-state index contributed by atoms with van der Waals surface area (Å²) in [6.07, 6.45) is 9.39. The number of aryl methyl sites for hydroxylation is 2. The monoisotopic (exact) mass is 496 g/mol. The number of nitrogens with one attached hydrogen (secondary N) is 2. The minimum Gasteiger partial charge on any atom is -0.479 e. The molecule has 186 valence electrons. The van der Waals surface area contributed by atoms with Gasteiger partial charge in [-0.15, -0.1) is 11.3 Å². The average Bonchev–Trinajstić information content (AvgIpc) is 3.50. The number of likely N-dealkylation sites (N-methyl/N-ethyl adjacent to an activating group) is 1. The number of carbonyl (C=O) groups is 1. The van der Waals surface area contributed by atoms with Gasteiger partial charge in [-0.3, -0.25) is 4.79 Å². The minimum absolute atomic E-state index is 0.262. The Morgan fingerprint density at radius 2 is 2.11 bits per heavy atom. The first kappa shape index (κ1) is 24.8. The lowest BCUT2D eigenvalue weighted by Gasteiger charge is -2.17. The van der Waals surface area contributed by atoms with E-state index >= 15 is 0 Å². The van der Waals surface area contributed by atoms with Gasteiger partial charge in [0.2, 0.25) is 12.3 Å².